The molecule has 0 saturated carbocycles. The Morgan fingerprint density at radius 3 is 2.41 bits per heavy atom. The molecule has 6 nitrogen and oxygen atoms in total. The largest absolute Gasteiger partial charge is 0.493 e. The lowest BCUT2D eigenvalue weighted by molar-refractivity contribution is 0.354. The van der Waals surface area contributed by atoms with Gasteiger partial charge in [0.05, 0.1) is 14.2 Å². The quantitative estimate of drug-likeness (QED) is 0.799. The number of nitrogens with one attached hydrogen (secondary N) is 1. The molecule has 0 bridgehead atoms. The molecule has 1 aliphatic heterocycles. The molecule has 1 fully saturated rings. The van der Waals surface area contributed by atoms with Crippen molar-refractivity contribution in [2.24, 2.45) is 0 Å². The Morgan fingerprint density at radius 1 is 0.963 bits per heavy atom. The Labute approximate surface area is 161 Å². The van der Waals surface area contributed by atoms with Gasteiger partial charge in [-0.1, -0.05) is 18.9 Å². The summed E-state index contributed by atoms with van der Waals surface area (Å²) in [6.07, 6.45) is 5.93. The number of nitrogens with zero attached hydrogens (tertiary/aromatic N) is 3. The molecule has 1 saturated heterocycles. The van der Waals surface area contributed by atoms with Gasteiger partial charge < -0.3 is 19.7 Å². The van der Waals surface area contributed by atoms with E-state index in [1.54, 1.807) is 14.2 Å². The van der Waals surface area contributed by atoms with Crippen LogP contribution in [0.3, 0.4) is 0 Å². The molecule has 1 aliphatic rings. The highest BCUT2D eigenvalue weighted by Crippen LogP contribution is 2.27. The lowest BCUT2D eigenvalue weighted by Crippen LogP contribution is -2.26. The van der Waals surface area contributed by atoms with E-state index in [9.17, 15) is 0 Å². The number of rotatable bonds is 7. The average Bonchev–Trinajstić information content (AvgIpc) is 2.97. The van der Waals surface area contributed by atoms with E-state index in [4.69, 9.17) is 14.5 Å². The van der Waals surface area contributed by atoms with Crippen molar-refractivity contribution in [1.29, 1.82) is 0 Å². The Morgan fingerprint density at radius 2 is 1.70 bits per heavy atom. The van der Waals surface area contributed by atoms with Gasteiger partial charge >= 0.3 is 0 Å². The lowest BCUT2D eigenvalue weighted by Gasteiger charge is -2.21. The van der Waals surface area contributed by atoms with Gasteiger partial charge in [-0.3, -0.25) is 0 Å². The van der Waals surface area contributed by atoms with Crippen molar-refractivity contribution in [1.82, 2.24) is 9.97 Å². The summed E-state index contributed by atoms with van der Waals surface area (Å²) in [5, 5.41) is 3.45. The summed E-state index contributed by atoms with van der Waals surface area (Å²) < 4.78 is 10.7. The van der Waals surface area contributed by atoms with Gasteiger partial charge in [-0.05, 0) is 43.9 Å². The standard InChI is InChI=1S/C21H30N4O2/c1-16-14-20(24-21(23-16)25-12-6-4-5-7-13-25)22-11-10-17-8-9-18(26-2)19(15-17)27-3/h8-9,14-15H,4-7,10-13H2,1-3H3,(H,22,23,24). The molecule has 0 aliphatic carbocycles. The first-order valence-corrected chi connectivity index (χ1v) is 9.75. The predicted octanol–water partition coefficient (Wildman–Crippen LogP) is 3.84. The average molecular weight is 370 g/mol. The third-order valence-corrected chi connectivity index (χ3v) is 4.90. The minimum Gasteiger partial charge on any atom is -0.493 e. The van der Waals surface area contributed by atoms with Crippen molar-refractivity contribution in [2.45, 2.75) is 39.0 Å². The van der Waals surface area contributed by atoms with E-state index in [2.05, 4.69) is 21.3 Å². The van der Waals surface area contributed by atoms with Gasteiger partial charge in [-0.15, -0.1) is 0 Å². The van der Waals surface area contributed by atoms with Crippen molar-refractivity contribution >= 4 is 11.8 Å². The fourth-order valence-electron chi connectivity index (χ4n) is 3.43. The number of anilines is 2. The summed E-state index contributed by atoms with van der Waals surface area (Å²) in [6, 6.07) is 8.04. The van der Waals surface area contributed by atoms with E-state index in [1.807, 2.05) is 25.1 Å². The van der Waals surface area contributed by atoms with Gasteiger partial charge in [0.15, 0.2) is 11.5 Å². The molecule has 6 heteroatoms. The molecule has 1 aromatic carbocycles. The number of ether oxygens (including phenoxy) is 2. The molecule has 0 spiro atoms. The van der Waals surface area contributed by atoms with E-state index >= 15 is 0 Å². The highest BCUT2D eigenvalue weighted by Gasteiger charge is 2.13. The topological polar surface area (TPSA) is 59.5 Å². The normalized spacial score (nSPS) is 14.6. The number of methoxy groups -OCH3 is 2. The Bertz CT molecular complexity index is 743. The first kappa shape index (κ1) is 19.3. The van der Waals surface area contributed by atoms with E-state index in [1.165, 1.54) is 31.2 Å². The van der Waals surface area contributed by atoms with Crippen LogP contribution in [0.2, 0.25) is 0 Å². The number of aryl methyl sites for hydroxylation is 1. The van der Waals surface area contributed by atoms with Gasteiger partial charge in [-0.2, -0.15) is 4.98 Å². The van der Waals surface area contributed by atoms with Crippen LogP contribution in [0.15, 0.2) is 24.3 Å². The molecule has 0 radical (unpaired) electrons. The maximum absolute atomic E-state index is 5.38. The van der Waals surface area contributed by atoms with E-state index in [0.717, 1.165) is 55.0 Å². The van der Waals surface area contributed by atoms with E-state index in [0.29, 0.717) is 0 Å². The molecular weight excluding hydrogens is 340 g/mol. The van der Waals surface area contributed by atoms with Crippen LogP contribution in [-0.4, -0.2) is 43.8 Å². The summed E-state index contributed by atoms with van der Waals surface area (Å²) in [4.78, 5) is 11.7. The molecule has 146 valence electrons. The summed E-state index contributed by atoms with van der Waals surface area (Å²) in [6.45, 7) is 4.93. The Kier molecular flexibility index (Phi) is 6.74. The van der Waals surface area contributed by atoms with Crippen molar-refractivity contribution in [3.63, 3.8) is 0 Å². The number of hydrogen-bond acceptors (Lipinski definition) is 6. The maximum Gasteiger partial charge on any atom is 0.227 e. The molecule has 27 heavy (non-hydrogen) atoms. The van der Waals surface area contributed by atoms with Crippen LogP contribution in [0.25, 0.3) is 0 Å². The minimum atomic E-state index is 0.753. The summed E-state index contributed by atoms with van der Waals surface area (Å²) in [5.74, 6) is 3.26. The van der Waals surface area contributed by atoms with Crippen LogP contribution in [-0.2, 0) is 6.42 Å². The van der Waals surface area contributed by atoms with Gasteiger partial charge in [0, 0.05) is 31.4 Å². The van der Waals surface area contributed by atoms with Crippen molar-refractivity contribution in [2.75, 3.05) is 44.1 Å². The summed E-state index contributed by atoms with van der Waals surface area (Å²) >= 11 is 0. The zero-order valence-electron chi connectivity index (χ0n) is 16.6. The Balaban J connectivity index is 1.62. The van der Waals surface area contributed by atoms with E-state index < -0.39 is 0 Å². The highest BCUT2D eigenvalue weighted by molar-refractivity contribution is 5.45. The third kappa shape index (κ3) is 5.25. The first-order valence-electron chi connectivity index (χ1n) is 9.75. The van der Waals surface area contributed by atoms with Crippen molar-refractivity contribution < 1.29 is 9.47 Å². The fraction of sp³-hybridized carbons (Fsp3) is 0.524. The number of benzene rings is 1. The Hall–Kier alpha value is -2.50. The minimum absolute atomic E-state index is 0.753. The van der Waals surface area contributed by atoms with Crippen molar-refractivity contribution in [3.05, 3.63) is 35.5 Å². The maximum atomic E-state index is 5.38. The van der Waals surface area contributed by atoms with Crippen LogP contribution in [0.5, 0.6) is 11.5 Å². The lowest BCUT2D eigenvalue weighted by atomic mass is 10.1. The molecule has 1 N–H and O–H groups in total. The second-order valence-electron chi connectivity index (χ2n) is 6.96. The molecule has 3 rings (SSSR count). The molecule has 1 aromatic heterocycles. The van der Waals surface area contributed by atoms with E-state index in [-0.39, 0.29) is 0 Å². The van der Waals surface area contributed by atoms with Gasteiger partial charge in [0.25, 0.3) is 0 Å². The summed E-state index contributed by atoms with van der Waals surface area (Å²) in [5.41, 5.74) is 2.19. The molecule has 0 unspecified atom stereocenters. The molecule has 0 amide bonds. The molecule has 0 atom stereocenters. The van der Waals surface area contributed by atoms with Crippen LogP contribution in [0.4, 0.5) is 11.8 Å². The zero-order valence-corrected chi connectivity index (χ0v) is 16.6. The highest BCUT2D eigenvalue weighted by atomic mass is 16.5. The zero-order chi connectivity index (χ0) is 19.1. The first-order chi connectivity index (χ1) is 13.2. The smallest absolute Gasteiger partial charge is 0.227 e. The van der Waals surface area contributed by atoms with Crippen LogP contribution in [0, 0.1) is 6.92 Å². The SMILES string of the molecule is COc1ccc(CCNc2cc(C)nc(N3CCCCCC3)n2)cc1OC. The van der Waals surface area contributed by atoms with Gasteiger partial charge in [0.2, 0.25) is 5.95 Å². The molecule has 2 aromatic rings. The van der Waals surface area contributed by atoms with Crippen LogP contribution < -0.4 is 19.7 Å². The van der Waals surface area contributed by atoms with Crippen molar-refractivity contribution in [3.8, 4) is 11.5 Å². The number of hydrogen-bond donors (Lipinski definition) is 1. The van der Waals surface area contributed by atoms with Gasteiger partial charge in [-0.25, -0.2) is 4.98 Å². The second kappa shape index (κ2) is 9.44. The van der Waals surface area contributed by atoms with Crippen LogP contribution >= 0.6 is 0 Å². The molecular formula is C21H30N4O2. The number of aromatic nitrogens is 2. The fourth-order valence-corrected chi connectivity index (χ4v) is 3.43. The molecule has 2 heterocycles. The third-order valence-electron chi connectivity index (χ3n) is 4.90. The van der Waals surface area contributed by atoms with Gasteiger partial charge in [0.1, 0.15) is 5.82 Å². The van der Waals surface area contributed by atoms with Crippen LogP contribution in [0.1, 0.15) is 36.9 Å². The summed E-state index contributed by atoms with van der Waals surface area (Å²) in [7, 11) is 3.31. The predicted molar refractivity (Wildman–Crippen MR) is 109 cm³/mol. The monoisotopic (exact) mass is 370 g/mol. The second-order valence-corrected chi connectivity index (χ2v) is 6.96.